The standard InChI is InChI=1S/C15H18BrNO2S/c1-9-3-4-12(19-2)10(7-9)11(8-17)15(18)13-5-6-14(16)20-13/h3-7,11,15,18H,8,17H2,1-2H3. The summed E-state index contributed by atoms with van der Waals surface area (Å²) in [6, 6.07) is 9.80. The van der Waals surface area contributed by atoms with Crippen LogP contribution in [0, 0.1) is 6.92 Å². The van der Waals surface area contributed by atoms with Gasteiger partial charge in [0.05, 0.1) is 17.0 Å². The minimum Gasteiger partial charge on any atom is -0.496 e. The predicted octanol–water partition coefficient (Wildman–Crippen LogP) is 3.60. The monoisotopic (exact) mass is 355 g/mol. The van der Waals surface area contributed by atoms with Crippen molar-refractivity contribution >= 4 is 27.3 Å². The molecule has 0 radical (unpaired) electrons. The molecule has 2 aromatic rings. The van der Waals surface area contributed by atoms with Gasteiger partial charge in [0.1, 0.15) is 5.75 Å². The van der Waals surface area contributed by atoms with Crippen LogP contribution < -0.4 is 10.5 Å². The van der Waals surface area contributed by atoms with Crippen molar-refractivity contribution in [2.24, 2.45) is 5.73 Å². The first-order chi connectivity index (χ1) is 9.56. The van der Waals surface area contributed by atoms with Gasteiger partial charge in [-0.15, -0.1) is 11.3 Å². The van der Waals surface area contributed by atoms with Crippen molar-refractivity contribution in [3.8, 4) is 5.75 Å². The Morgan fingerprint density at radius 3 is 2.65 bits per heavy atom. The smallest absolute Gasteiger partial charge is 0.122 e. The molecular weight excluding hydrogens is 338 g/mol. The molecule has 0 amide bonds. The normalized spacial score (nSPS) is 14.1. The van der Waals surface area contributed by atoms with Crippen molar-refractivity contribution in [1.29, 1.82) is 0 Å². The number of thiophene rings is 1. The third-order valence-electron chi connectivity index (χ3n) is 3.31. The molecule has 0 aliphatic heterocycles. The number of aliphatic hydroxyl groups is 1. The summed E-state index contributed by atoms with van der Waals surface area (Å²) in [7, 11) is 1.63. The molecule has 0 fully saturated rings. The van der Waals surface area contributed by atoms with E-state index in [0.717, 1.165) is 25.5 Å². The van der Waals surface area contributed by atoms with Gasteiger partial charge in [-0.1, -0.05) is 17.7 Å². The van der Waals surface area contributed by atoms with Crippen LogP contribution in [0.25, 0.3) is 0 Å². The average Bonchev–Trinajstić information content (AvgIpc) is 2.86. The van der Waals surface area contributed by atoms with Gasteiger partial charge in [-0.25, -0.2) is 0 Å². The fraction of sp³-hybridized carbons (Fsp3) is 0.333. The number of halogens is 1. The van der Waals surface area contributed by atoms with Crippen LogP contribution in [0.4, 0.5) is 0 Å². The zero-order chi connectivity index (χ0) is 14.7. The molecule has 108 valence electrons. The second-order valence-corrected chi connectivity index (χ2v) is 7.17. The highest BCUT2D eigenvalue weighted by molar-refractivity contribution is 9.11. The molecule has 0 saturated carbocycles. The number of nitrogens with two attached hydrogens (primary N) is 1. The number of methoxy groups -OCH3 is 1. The second kappa shape index (κ2) is 6.72. The number of benzene rings is 1. The minimum atomic E-state index is -0.632. The van der Waals surface area contributed by atoms with Gasteiger partial charge >= 0.3 is 0 Å². The van der Waals surface area contributed by atoms with E-state index in [4.69, 9.17) is 10.5 Å². The van der Waals surface area contributed by atoms with Crippen LogP contribution in [-0.2, 0) is 0 Å². The molecule has 1 heterocycles. The third kappa shape index (κ3) is 3.23. The minimum absolute atomic E-state index is 0.185. The molecule has 3 nitrogen and oxygen atoms in total. The third-order valence-corrected chi connectivity index (χ3v) is 5.00. The lowest BCUT2D eigenvalue weighted by atomic mass is 9.90. The quantitative estimate of drug-likeness (QED) is 0.861. The Morgan fingerprint density at radius 2 is 2.10 bits per heavy atom. The zero-order valence-electron chi connectivity index (χ0n) is 11.5. The fourth-order valence-corrected chi connectivity index (χ4v) is 3.73. The maximum Gasteiger partial charge on any atom is 0.122 e. The molecule has 0 aliphatic rings. The lowest BCUT2D eigenvalue weighted by Gasteiger charge is -2.23. The van der Waals surface area contributed by atoms with E-state index in [0.29, 0.717) is 6.54 Å². The molecule has 20 heavy (non-hydrogen) atoms. The summed E-state index contributed by atoms with van der Waals surface area (Å²) in [6.45, 7) is 2.38. The molecule has 0 saturated heterocycles. The highest BCUT2D eigenvalue weighted by atomic mass is 79.9. The molecule has 0 aliphatic carbocycles. The molecule has 2 rings (SSSR count). The molecular formula is C15H18BrNO2S. The summed E-state index contributed by atoms with van der Waals surface area (Å²) >= 11 is 4.94. The number of aryl methyl sites for hydroxylation is 1. The molecule has 2 unspecified atom stereocenters. The van der Waals surface area contributed by atoms with E-state index in [9.17, 15) is 5.11 Å². The zero-order valence-corrected chi connectivity index (χ0v) is 13.9. The summed E-state index contributed by atoms with van der Waals surface area (Å²) in [6.07, 6.45) is -0.632. The van der Waals surface area contributed by atoms with Gasteiger partial charge in [0, 0.05) is 22.9 Å². The summed E-state index contributed by atoms with van der Waals surface area (Å²) in [5.74, 6) is 0.580. The van der Waals surface area contributed by atoms with E-state index in [1.807, 2.05) is 37.3 Å². The van der Waals surface area contributed by atoms with Crippen LogP contribution >= 0.6 is 27.3 Å². The van der Waals surface area contributed by atoms with Crippen LogP contribution in [0.3, 0.4) is 0 Å². The number of ether oxygens (including phenoxy) is 1. The van der Waals surface area contributed by atoms with Gasteiger partial charge in [-0.05, 0) is 41.1 Å². The Labute approximate surface area is 131 Å². The van der Waals surface area contributed by atoms with Crippen molar-refractivity contribution in [3.63, 3.8) is 0 Å². The van der Waals surface area contributed by atoms with Gasteiger partial charge in [0.2, 0.25) is 0 Å². The van der Waals surface area contributed by atoms with Crippen LogP contribution in [0.2, 0.25) is 0 Å². The van der Waals surface area contributed by atoms with Crippen molar-refractivity contribution in [3.05, 3.63) is 50.1 Å². The number of rotatable bonds is 5. The Hall–Kier alpha value is -0.880. The van der Waals surface area contributed by atoms with Crippen molar-refractivity contribution in [2.45, 2.75) is 18.9 Å². The van der Waals surface area contributed by atoms with Crippen LogP contribution in [-0.4, -0.2) is 18.8 Å². The maximum absolute atomic E-state index is 10.6. The van der Waals surface area contributed by atoms with Gasteiger partial charge < -0.3 is 15.6 Å². The Morgan fingerprint density at radius 1 is 1.35 bits per heavy atom. The summed E-state index contributed by atoms with van der Waals surface area (Å²) in [4.78, 5) is 0.899. The Kier molecular flexibility index (Phi) is 5.21. The molecule has 1 aromatic carbocycles. The van der Waals surface area contributed by atoms with E-state index < -0.39 is 6.10 Å². The lowest BCUT2D eigenvalue weighted by molar-refractivity contribution is 0.149. The first-order valence-corrected chi connectivity index (χ1v) is 7.95. The van der Waals surface area contributed by atoms with Crippen LogP contribution in [0.15, 0.2) is 34.1 Å². The van der Waals surface area contributed by atoms with Gasteiger partial charge in [0.15, 0.2) is 0 Å². The van der Waals surface area contributed by atoms with Gasteiger partial charge in [-0.3, -0.25) is 0 Å². The predicted molar refractivity (Wildman–Crippen MR) is 86.5 cm³/mol. The summed E-state index contributed by atoms with van der Waals surface area (Å²) in [5.41, 5.74) is 7.98. The van der Waals surface area contributed by atoms with Crippen molar-refractivity contribution < 1.29 is 9.84 Å². The SMILES string of the molecule is COc1ccc(C)cc1C(CN)C(O)c1ccc(Br)s1. The van der Waals surface area contributed by atoms with Crippen molar-refractivity contribution in [1.82, 2.24) is 0 Å². The van der Waals surface area contributed by atoms with Crippen LogP contribution in [0.5, 0.6) is 5.75 Å². The topological polar surface area (TPSA) is 55.5 Å². The summed E-state index contributed by atoms with van der Waals surface area (Å²) in [5, 5.41) is 10.6. The van der Waals surface area contributed by atoms with Crippen molar-refractivity contribution in [2.75, 3.05) is 13.7 Å². The van der Waals surface area contributed by atoms with E-state index >= 15 is 0 Å². The molecule has 2 atom stereocenters. The van der Waals surface area contributed by atoms with Gasteiger partial charge in [-0.2, -0.15) is 0 Å². The first kappa shape index (κ1) is 15.5. The summed E-state index contributed by atoms with van der Waals surface area (Å²) < 4.78 is 6.40. The van der Waals surface area contributed by atoms with E-state index in [-0.39, 0.29) is 5.92 Å². The molecule has 1 aromatic heterocycles. The fourth-order valence-electron chi connectivity index (χ4n) is 2.26. The highest BCUT2D eigenvalue weighted by Gasteiger charge is 2.25. The van der Waals surface area contributed by atoms with Gasteiger partial charge in [0.25, 0.3) is 0 Å². The van der Waals surface area contributed by atoms with E-state index in [2.05, 4.69) is 15.9 Å². The number of hydrogen-bond donors (Lipinski definition) is 2. The maximum atomic E-state index is 10.6. The average molecular weight is 356 g/mol. The van der Waals surface area contributed by atoms with E-state index in [1.54, 1.807) is 7.11 Å². The largest absolute Gasteiger partial charge is 0.496 e. The molecule has 5 heteroatoms. The molecule has 0 spiro atoms. The second-order valence-electron chi connectivity index (χ2n) is 4.67. The molecule has 0 bridgehead atoms. The number of aliphatic hydroxyl groups excluding tert-OH is 1. The van der Waals surface area contributed by atoms with E-state index in [1.165, 1.54) is 11.3 Å². The first-order valence-electron chi connectivity index (χ1n) is 6.34. The van der Waals surface area contributed by atoms with Crippen LogP contribution in [0.1, 0.15) is 28.0 Å². The lowest BCUT2D eigenvalue weighted by Crippen LogP contribution is -2.20. The Balaban J connectivity index is 2.39. The highest BCUT2D eigenvalue weighted by Crippen LogP contribution is 2.39. The number of hydrogen-bond acceptors (Lipinski definition) is 4. The molecule has 3 N–H and O–H groups in total. The Bertz CT molecular complexity index is 585.